The summed E-state index contributed by atoms with van der Waals surface area (Å²) in [6.07, 6.45) is 0. The number of aryl methyl sites for hydroxylation is 3. The lowest BCUT2D eigenvalue weighted by Crippen LogP contribution is -2.15. The minimum absolute atomic E-state index is 0.109. The van der Waals surface area contributed by atoms with Crippen LogP contribution in [0.15, 0.2) is 24.3 Å². The number of amidine groups is 1. The van der Waals surface area contributed by atoms with Gasteiger partial charge in [0.15, 0.2) is 11.6 Å². The third-order valence-electron chi connectivity index (χ3n) is 2.87. The number of aromatic nitrogens is 1. The molecule has 0 spiro atoms. The summed E-state index contributed by atoms with van der Waals surface area (Å²) in [5.74, 6) is -0.167. The number of ether oxygens (including phenoxy) is 1. The number of nitrogens with one attached hydrogen (secondary N) is 1. The van der Waals surface area contributed by atoms with Crippen molar-refractivity contribution < 1.29 is 9.13 Å². The Bertz CT molecular complexity index is 683. The summed E-state index contributed by atoms with van der Waals surface area (Å²) >= 11 is 0. The first-order valence-electron chi connectivity index (χ1n) is 6.15. The first-order valence-corrected chi connectivity index (χ1v) is 6.15. The van der Waals surface area contributed by atoms with E-state index in [1.54, 1.807) is 32.0 Å². The Hall–Kier alpha value is -2.43. The van der Waals surface area contributed by atoms with Gasteiger partial charge in [0.2, 0.25) is 0 Å². The summed E-state index contributed by atoms with van der Waals surface area (Å²) in [4.78, 5) is 4.24. The van der Waals surface area contributed by atoms with Crippen molar-refractivity contribution in [2.75, 3.05) is 0 Å². The van der Waals surface area contributed by atoms with Crippen LogP contribution in [0.4, 0.5) is 4.39 Å². The molecular formula is C15H16FN3O. The number of hydrogen-bond donors (Lipinski definition) is 2. The van der Waals surface area contributed by atoms with E-state index in [0.717, 1.165) is 11.3 Å². The van der Waals surface area contributed by atoms with Gasteiger partial charge in [-0.25, -0.2) is 4.39 Å². The normalized spacial score (nSPS) is 10.4. The third-order valence-corrected chi connectivity index (χ3v) is 2.87. The summed E-state index contributed by atoms with van der Waals surface area (Å²) in [7, 11) is 0. The highest BCUT2D eigenvalue weighted by Gasteiger charge is 2.15. The number of nitrogens with zero attached hydrogens (tertiary/aromatic N) is 1. The number of halogens is 1. The fourth-order valence-corrected chi connectivity index (χ4v) is 2.01. The molecule has 0 atom stereocenters. The molecule has 0 amide bonds. The van der Waals surface area contributed by atoms with Crippen molar-refractivity contribution in [1.82, 2.24) is 4.98 Å². The lowest BCUT2D eigenvalue weighted by Gasteiger charge is -2.14. The van der Waals surface area contributed by atoms with Crippen LogP contribution in [0.3, 0.4) is 0 Å². The number of hydrogen-bond acceptors (Lipinski definition) is 3. The highest BCUT2D eigenvalue weighted by atomic mass is 19.1. The van der Waals surface area contributed by atoms with Gasteiger partial charge in [-0.1, -0.05) is 6.07 Å². The zero-order chi connectivity index (χ0) is 14.9. The van der Waals surface area contributed by atoms with Gasteiger partial charge in [-0.05, 0) is 38.5 Å². The van der Waals surface area contributed by atoms with Gasteiger partial charge in [-0.15, -0.1) is 0 Å². The molecule has 0 saturated heterocycles. The van der Waals surface area contributed by atoms with Crippen LogP contribution in [0, 0.1) is 32.0 Å². The summed E-state index contributed by atoms with van der Waals surface area (Å²) in [6.45, 7) is 5.39. The molecule has 5 heteroatoms. The quantitative estimate of drug-likeness (QED) is 0.666. The van der Waals surface area contributed by atoms with Gasteiger partial charge in [0.1, 0.15) is 11.6 Å². The first-order chi connectivity index (χ1) is 9.38. The standard InChI is InChI=1S/C15H16FN3O/c1-8-4-5-11(16)12(6-8)20-13-7-9(2)19-10(3)14(13)15(17)18/h4-7H,1-3H3,(H3,17,18). The van der Waals surface area contributed by atoms with E-state index in [1.165, 1.54) is 6.07 Å². The summed E-state index contributed by atoms with van der Waals surface area (Å²) < 4.78 is 19.4. The van der Waals surface area contributed by atoms with Crippen LogP contribution in [0.1, 0.15) is 22.5 Å². The molecule has 20 heavy (non-hydrogen) atoms. The van der Waals surface area contributed by atoms with E-state index in [-0.39, 0.29) is 11.6 Å². The van der Waals surface area contributed by atoms with Crippen LogP contribution >= 0.6 is 0 Å². The average Bonchev–Trinajstić information content (AvgIpc) is 2.32. The number of pyridine rings is 1. The van der Waals surface area contributed by atoms with Gasteiger partial charge >= 0.3 is 0 Å². The molecule has 2 rings (SSSR count). The van der Waals surface area contributed by atoms with Gasteiger partial charge in [0.25, 0.3) is 0 Å². The molecule has 0 unspecified atom stereocenters. The van der Waals surface area contributed by atoms with E-state index < -0.39 is 5.82 Å². The maximum Gasteiger partial charge on any atom is 0.165 e. The van der Waals surface area contributed by atoms with Crippen LogP contribution in [-0.2, 0) is 0 Å². The largest absolute Gasteiger partial charge is 0.453 e. The maximum absolute atomic E-state index is 13.8. The van der Waals surface area contributed by atoms with Gasteiger partial charge < -0.3 is 10.5 Å². The molecule has 104 valence electrons. The molecule has 0 saturated carbocycles. The zero-order valence-corrected chi connectivity index (χ0v) is 11.6. The van der Waals surface area contributed by atoms with Crippen LogP contribution < -0.4 is 10.5 Å². The van der Waals surface area contributed by atoms with E-state index in [1.807, 2.05) is 6.92 Å². The van der Waals surface area contributed by atoms with Crippen LogP contribution in [0.5, 0.6) is 11.5 Å². The van der Waals surface area contributed by atoms with Crippen LogP contribution in [0.2, 0.25) is 0 Å². The molecule has 1 heterocycles. The molecule has 4 nitrogen and oxygen atoms in total. The fourth-order valence-electron chi connectivity index (χ4n) is 2.01. The second kappa shape index (κ2) is 5.28. The Labute approximate surface area is 116 Å². The summed E-state index contributed by atoms with van der Waals surface area (Å²) in [5.41, 5.74) is 8.13. The summed E-state index contributed by atoms with van der Waals surface area (Å²) in [5, 5.41) is 7.61. The Morgan fingerprint density at radius 2 is 1.90 bits per heavy atom. The molecule has 0 aliphatic carbocycles. The fraction of sp³-hybridized carbons (Fsp3) is 0.200. The van der Waals surface area contributed by atoms with Crippen molar-refractivity contribution in [3.63, 3.8) is 0 Å². The predicted octanol–water partition coefficient (Wildman–Crippen LogP) is 3.22. The van der Waals surface area contributed by atoms with Crippen molar-refractivity contribution in [3.8, 4) is 11.5 Å². The van der Waals surface area contributed by atoms with E-state index in [4.69, 9.17) is 15.9 Å². The monoisotopic (exact) mass is 273 g/mol. The SMILES string of the molecule is Cc1ccc(F)c(Oc2cc(C)nc(C)c2C(=N)N)c1. The number of benzene rings is 1. The third kappa shape index (κ3) is 2.77. The molecule has 1 aromatic carbocycles. The van der Waals surface area contributed by atoms with E-state index >= 15 is 0 Å². The molecular weight excluding hydrogens is 257 g/mol. The number of rotatable bonds is 3. The van der Waals surface area contributed by atoms with Gasteiger partial charge in [0, 0.05) is 11.8 Å². The highest BCUT2D eigenvalue weighted by Crippen LogP contribution is 2.29. The molecule has 1 aromatic heterocycles. The predicted molar refractivity (Wildman–Crippen MR) is 75.9 cm³/mol. The zero-order valence-electron chi connectivity index (χ0n) is 11.6. The number of nitrogens with two attached hydrogens (primary N) is 1. The second-order valence-electron chi connectivity index (χ2n) is 4.67. The minimum Gasteiger partial charge on any atom is -0.453 e. The Morgan fingerprint density at radius 3 is 2.55 bits per heavy atom. The highest BCUT2D eigenvalue weighted by molar-refractivity contribution is 5.98. The molecule has 0 aliphatic heterocycles. The van der Waals surface area contributed by atoms with E-state index in [9.17, 15) is 4.39 Å². The molecule has 0 fully saturated rings. The topological polar surface area (TPSA) is 72.0 Å². The van der Waals surface area contributed by atoms with E-state index in [2.05, 4.69) is 4.98 Å². The van der Waals surface area contributed by atoms with Crippen molar-refractivity contribution >= 4 is 5.84 Å². The first kappa shape index (κ1) is 14.0. The molecule has 2 aromatic rings. The maximum atomic E-state index is 13.8. The van der Waals surface area contributed by atoms with Crippen molar-refractivity contribution in [2.45, 2.75) is 20.8 Å². The second-order valence-corrected chi connectivity index (χ2v) is 4.67. The van der Waals surface area contributed by atoms with E-state index in [0.29, 0.717) is 17.0 Å². The number of nitrogen functional groups attached to an aromatic ring is 1. The van der Waals surface area contributed by atoms with Gasteiger partial charge in [-0.3, -0.25) is 10.4 Å². The minimum atomic E-state index is -0.461. The average molecular weight is 273 g/mol. The van der Waals surface area contributed by atoms with Crippen molar-refractivity contribution in [3.05, 3.63) is 52.6 Å². The Kier molecular flexibility index (Phi) is 3.70. The van der Waals surface area contributed by atoms with Gasteiger partial charge in [0.05, 0.1) is 11.3 Å². The Balaban J connectivity index is 2.53. The Morgan fingerprint density at radius 1 is 1.20 bits per heavy atom. The van der Waals surface area contributed by atoms with Gasteiger partial charge in [-0.2, -0.15) is 0 Å². The molecule has 0 radical (unpaired) electrons. The molecule has 3 N–H and O–H groups in total. The van der Waals surface area contributed by atoms with Crippen LogP contribution in [-0.4, -0.2) is 10.8 Å². The molecule has 0 aliphatic rings. The molecule has 0 bridgehead atoms. The van der Waals surface area contributed by atoms with Crippen molar-refractivity contribution in [2.24, 2.45) is 5.73 Å². The lowest BCUT2D eigenvalue weighted by atomic mass is 10.1. The summed E-state index contributed by atoms with van der Waals surface area (Å²) in [6, 6.07) is 6.26. The lowest BCUT2D eigenvalue weighted by molar-refractivity contribution is 0.439. The van der Waals surface area contributed by atoms with Crippen molar-refractivity contribution in [1.29, 1.82) is 5.41 Å². The van der Waals surface area contributed by atoms with Crippen LogP contribution in [0.25, 0.3) is 0 Å². The smallest absolute Gasteiger partial charge is 0.165 e.